The van der Waals surface area contributed by atoms with E-state index in [1.165, 1.54) is 6.92 Å². The Bertz CT molecular complexity index is 683. The molecule has 8 nitrogen and oxygen atoms in total. The number of alkyl carbamates (subject to hydrolysis) is 1. The number of nitrogens with one attached hydrogen (secondary N) is 3. The summed E-state index contributed by atoms with van der Waals surface area (Å²) in [6.07, 6.45) is 2.48. The first-order valence-electron chi connectivity index (χ1n) is 10.1. The van der Waals surface area contributed by atoms with Crippen LogP contribution in [0.25, 0.3) is 0 Å². The first-order chi connectivity index (χ1) is 13.9. The first-order valence-corrected chi connectivity index (χ1v) is 10.9. The second kappa shape index (κ2) is 11.5. The minimum Gasteiger partial charge on any atom is -0.444 e. The summed E-state index contributed by atoms with van der Waals surface area (Å²) >= 11 is 3.01. The van der Waals surface area contributed by atoms with Gasteiger partial charge in [-0.15, -0.1) is 0 Å². The highest BCUT2D eigenvalue weighted by molar-refractivity contribution is 9.18. The quantitative estimate of drug-likeness (QED) is 0.431. The van der Waals surface area contributed by atoms with E-state index in [2.05, 4.69) is 38.5 Å². The summed E-state index contributed by atoms with van der Waals surface area (Å²) < 4.78 is 11.2. The highest BCUT2D eigenvalue weighted by atomic mass is 79.9. The topological polar surface area (TPSA) is 106 Å². The lowest BCUT2D eigenvalue weighted by atomic mass is 9.88. The van der Waals surface area contributed by atoms with Crippen LogP contribution in [-0.4, -0.2) is 46.6 Å². The van der Waals surface area contributed by atoms with Gasteiger partial charge in [0.05, 0.1) is 24.3 Å². The van der Waals surface area contributed by atoms with Crippen molar-refractivity contribution in [1.29, 1.82) is 0 Å². The molecule has 0 bridgehead atoms. The summed E-state index contributed by atoms with van der Waals surface area (Å²) in [7, 11) is 0. The zero-order chi connectivity index (χ0) is 23.1. The number of halogens is 1. The molecule has 0 spiro atoms. The van der Waals surface area contributed by atoms with Crippen molar-refractivity contribution in [2.75, 3.05) is 0 Å². The zero-order valence-electron chi connectivity index (χ0n) is 18.6. The van der Waals surface area contributed by atoms with E-state index in [9.17, 15) is 14.4 Å². The molecule has 0 aromatic rings. The molecule has 0 aliphatic heterocycles. The molecule has 3 atom stereocenters. The Kier molecular flexibility index (Phi) is 10.0. The van der Waals surface area contributed by atoms with Crippen molar-refractivity contribution in [3.05, 3.63) is 24.0 Å². The molecule has 0 saturated heterocycles. The average Bonchev–Trinajstić information content (AvgIpc) is 2.59. The summed E-state index contributed by atoms with van der Waals surface area (Å²) in [5.41, 5.74) is -0.129. The van der Waals surface area contributed by atoms with E-state index in [-0.39, 0.29) is 22.5 Å². The van der Waals surface area contributed by atoms with Crippen LogP contribution in [0.5, 0.6) is 0 Å². The molecule has 2 amide bonds. The highest BCUT2D eigenvalue weighted by Crippen LogP contribution is 2.26. The van der Waals surface area contributed by atoms with Gasteiger partial charge in [0.1, 0.15) is 11.4 Å². The van der Waals surface area contributed by atoms with Crippen molar-refractivity contribution in [3.8, 4) is 0 Å². The van der Waals surface area contributed by atoms with Crippen LogP contribution in [0.4, 0.5) is 4.79 Å². The van der Waals surface area contributed by atoms with Gasteiger partial charge in [-0.3, -0.25) is 14.9 Å². The molecule has 170 valence electrons. The smallest absolute Gasteiger partial charge is 0.413 e. The van der Waals surface area contributed by atoms with E-state index in [0.717, 1.165) is 12.8 Å². The summed E-state index contributed by atoms with van der Waals surface area (Å²) in [6, 6.07) is -0.895. The number of ether oxygens (including phenoxy) is 2. The fourth-order valence-corrected chi connectivity index (χ4v) is 3.47. The van der Waals surface area contributed by atoms with Crippen molar-refractivity contribution < 1.29 is 23.9 Å². The molecule has 1 aliphatic rings. The van der Waals surface area contributed by atoms with Gasteiger partial charge in [-0.05, 0) is 62.0 Å². The second-order valence-corrected chi connectivity index (χ2v) is 9.01. The molecule has 0 heterocycles. The Morgan fingerprint density at radius 2 is 1.83 bits per heavy atom. The van der Waals surface area contributed by atoms with E-state index < -0.39 is 29.9 Å². The van der Waals surface area contributed by atoms with Crippen LogP contribution in [0.2, 0.25) is 0 Å². The lowest BCUT2D eigenvalue weighted by Gasteiger charge is -2.39. The Morgan fingerprint density at radius 3 is 2.30 bits per heavy atom. The van der Waals surface area contributed by atoms with Crippen molar-refractivity contribution in [3.63, 3.8) is 0 Å². The fourth-order valence-electron chi connectivity index (χ4n) is 3.18. The number of carbonyl (C=O) groups is 3. The van der Waals surface area contributed by atoms with Gasteiger partial charge in [0.15, 0.2) is 0 Å². The summed E-state index contributed by atoms with van der Waals surface area (Å²) in [5, 5.41) is 8.55. The zero-order valence-corrected chi connectivity index (χ0v) is 20.2. The van der Waals surface area contributed by atoms with Gasteiger partial charge in [-0.25, -0.2) is 4.79 Å². The van der Waals surface area contributed by atoms with Gasteiger partial charge in [0.2, 0.25) is 10.6 Å². The van der Waals surface area contributed by atoms with E-state index in [1.54, 1.807) is 26.8 Å². The molecule has 0 aromatic heterocycles. The normalized spacial score (nSPS) is 21.5. The van der Waals surface area contributed by atoms with Crippen LogP contribution in [0.3, 0.4) is 0 Å². The van der Waals surface area contributed by atoms with Gasteiger partial charge in [0.25, 0.3) is 0 Å². The molecular weight excluding hydrogens is 454 g/mol. The largest absolute Gasteiger partial charge is 0.444 e. The third kappa shape index (κ3) is 8.87. The fraction of sp³-hybridized carbons (Fsp3) is 0.667. The van der Waals surface area contributed by atoms with Gasteiger partial charge >= 0.3 is 6.09 Å². The Balaban J connectivity index is 3.06. The minimum absolute atomic E-state index is 0.0176. The maximum absolute atomic E-state index is 12.0. The van der Waals surface area contributed by atoms with Gasteiger partial charge < -0.3 is 20.1 Å². The monoisotopic (exact) mass is 487 g/mol. The Morgan fingerprint density at radius 1 is 1.23 bits per heavy atom. The lowest BCUT2D eigenvalue weighted by Crippen LogP contribution is -2.59. The van der Waals surface area contributed by atoms with E-state index in [4.69, 9.17) is 9.47 Å². The van der Waals surface area contributed by atoms with Crippen LogP contribution in [0.15, 0.2) is 24.0 Å². The van der Waals surface area contributed by atoms with Crippen LogP contribution in [0.1, 0.15) is 60.8 Å². The minimum atomic E-state index is -0.652. The third-order valence-electron chi connectivity index (χ3n) is 4.49. The predicted molar refractivity (Wildman–Crippen MR) is 119 cm³/mol. The van der Waals surface area contributed by atoms with E-state index in [1.807, 2.05) is 13.8 Å². The van der Waals surface area contributed by atoms with Crippen molar-refractivity contribution in [2.24, 2.45) is 0 Å². The summed E-state index contributed by atoms with van der Waals surface area (Å²) in [4.78, 5) is 35.9. The molecule has 3 N–H and O–H groups in total. The molecule has 0 fully saturated rings. The molecule has 9 heteroatoms. The number of carbonyl (C=O) groups excluding carboxylic acids is 3. The molecule has 30 heavy (non-hydrogen) atoms. The summed E-state index contributed by atoms with van der Waals surface area (Å²) in [6.45, 7) is 14.6. The molecular formula is C21H34BrN3O5. The number of amides is 2. The van der Waals surface area contributed by atoms with Crippen LogP contribution >= 0.6 is 15.9 Å². The second-order valence-electron chi connectivity index (χ2n) is 8.29. The van der Waals surface area contributed by atoms with Gasteiger partial charge in [-0.1, -0.05) is 20.4 Å². The van der Waals surface area contributed by atoms with Crippen LogP contribution in [0, 0.1) is 0 Å². The molecule has 0 saturated carbocycles. The SMILES string of the molecule is C=C(NC(=O)OC(C)(C)C)N[C@H]1CC(C(=O)Br)=C[C@@H](OC(CC)CC)[C@@H]1NC(C)=O. The lowest BCUT2D eigenvalue weighted by molar-refractivity contribution is -0.121. The van der Waals surface area contributed by atoms with E-state index >= 15 is 0 Å². The number of rotatable bonds is 9. The molecule has 1 rings (SSSR count). The van der Waals surface area contributed by atoms with Gasteiger partial charge in [-0.2, -0.15) is 0 Å². The Labute approximate surface area is 187 Å². The van der Waals surface area contributed by atoms with E-state index in [0.29, 0.717) is 12.0 Å². The predicted octanol–water partition coefficient (Wildman–Crippen LogP) is 3.27. The molecule has 1 aliphatic carbocycles. The average molecular weight is 488 g/mol. The van der Waals surface area contributed by atoms with Crippen molar-refractivity contribution >= 4 is 32.6 Å². The Hall–Kier alpha value is -1.87. The standard InChI is InChI=1S/C21H34BrN3O5/c1-8-15(9-2)29-17-11-14(19(22)27)10-16(18(17)25-13(4)26)23-12(3)24-20(28)30-21(5,6)7/h11,15-18,23H,3,8-10H2,1-2,4-7H3,(H,24,28)(H,25,26)/t16-,17+,18+/m0/s1. The first kappa shape index (κ1) is 26.2. The number of hydrogen-bond donors (Lipinski definition) is 3. The summed E-state index contributed by atoms with van der Waals surface area (Å²) in [5.74, 6) is -0.0214. The molecule has 0 unspecified atom stereocenters. The van der Waals surface area contributed by atoms with Crippen molar-refractivity contribution in [1.82, 2.24) is 16.0 Å². The van der Waals surface area contributed by atoms with Gasteiger partial charge in [0, 0.05) is 12.5 Å². The maximum atomic E-state index is 12.0. The number of hydrogen-bond acceptors (Lipinski definition) is 6. The third-order valence-corrected chi connectivity index (χ3v) is 5.00. The molecule has 0 aromatic carbocycles. The van der Waals surface area contributed by atoms with Crippen LogP contribution < -0.4 is 16.0 Å². The molecule has 0 radical (unpaired) electrons. The van der Waals surface area contributed by atoms with Crippen LogP contribution in [-0.2, 0) is 19.1 Å². The van der Waals surface area contributed by atoms with Crippen molar-refractivity contribution in [2.45, 2.75) is 90.7 Å². The highest BCUT2D eigenvalue weighted by Gasteiger charge is 2.37. The maximum Gasteiger partial charge on any atom is 0.413 e.